The highest BCUT2D eigenvalue weighted by atomic mass is 35.5. The summed E-state index contributed by atoms with van der Waals surface area (Å²) in [5.74, 6) is 0. The molecule has 0 radical (unpaired) electrons. The van der Waals surface area contributed by atoms with Crippen LogP contribution >= 0.6 is 24.0 Å². The van der Waals surface area contributed by atoms with Crippen LogP contribution in [-0.2, 0) is 0 Å². The van der Waals surface area contributed by atoms with Crippen molar-refractivity contribution in [3.05, 3.63) is 16.7 Å². The molecule has 1 atom stereocenters. The second kappa shape index (κ2) is 3.87. The van der Waals surface area contributed by atoms with Crippen LogP contribution in [0, 0.1) is 4.77 Å². The lowest BCUT2D eigenvalue weighted by molar-refractivity contribution is 0.178. The summed E-state index contributed by atoms with van der Waals surface area (Å²) in [7, 11) is 0. The maximum absolute atomic E-state index is 9.29. The predicted octanol–water partition coefficient (Wildman–Crippen LogP) is 0.849. The van der Waals surface area contributed by atoms with E-state index < -0.39 is 6.10 Å². The number of aromatic nitrogens is 2. The van der Waals surface area contributed by atoms with Gasteiger partial charge in [0.2, 0.25) is 0 Å². The van der Waals surface area contributed by atoms with E-state index >= 15 is 0 Å². The average Bonchev–Trinajstić information content (AvgIpc) is 2.36. The van der Waals surface area contributed by atoms with Gasteiger partial charge < -0.3 is 15.1 Å². The average molecular weight is 194 g/mol. The molecule has 1 aromatic rings. The first-order valence-corrected chi connectivity index (χ1v) is 3.82. The van der Waals surface area contributed by atoms with Crippen LogP contribution in [0.1, 0.15) is 11.8 Å². The molecule has 0 aliphatic carbocycles. The van der Waals surface area contributed by atoms with E-state index in [-0.39, 0.29) is 6.54 Å². The van der Waals surface area contributed by atoms with E-state index in [0.717, 1.165) is 0 Å². The zero-order valence-electron chi connectivity index (χ0n) is 5.60. The highest BCUT2D eigenvalue weighted by Gasteiger charge is 2.06. The molecule has 0 spiro atoms. The number of nitrogens with one attached hydrogen (secondary N) is 3. The Hall–Kier alpha value is -0.360. The van der Waals surface area contributed by atoms with Crippen LogP contribution < -0.4 is 4.84 Å². The minimum atomic E-state index is -0.652. The van der Waals surface area contributed by atoms with E-state index in [0.29, 0.717) is 10.5 Å². The van der Waals surface area contributed by atoms with Crippen molar-refractivity contribution in [2.75, 3.05) is 6.54 Å². The zero-order chi connectivity index (χ0) is 8.27. The van der Waals surface area contributed by atoms with Gasteiger partial charge in [-0.3, -0.25) is 0 Å². The Bertz CT molecular complexity index is 271. The molecule has 1 heterocycles. The highest BCUT2D eigenvalue weighted by Crippen LogP contribution is 2.06. The number of aliphatic hydroxyl groups is 1. The number of halogens is 1. The van der Waals surface area contributed by atoms with Crippen molar-refractivity contribution in [2.45, 2.75) is 6.10 Å². The van der Waals surface area contributed by atoms with Crippen LogP contribution in [-0.4, -0.2) is 21.6 Å². The normalized spacial score (nSPS) is 13.3. The van der Waals surface area contributed by atoms with E-state index in [1.165, 1.54) is 0 Å². The Morgan fingerprint density at radius 3 is 3.00 bits per heavy atom. The van der Waals surface area contributed by atoms with Gasteiger partial charge in [0.15, 0.2) is 4.77 Å². The maximum atomic E-state index is 9.29. The van der Waals surface area contributed by atoms with Gasteiger partial charge in [-0.15, -0.1) is 0 Å². The van der Waals surface area contributed by atoms with E-state index in [1.54, 1.807) is 6.20 Å². The summed E-state index contributed by atoms with van der Waals surface area (Å²) < 4.78 is 0.494. The first-order valence-electron chi connectivity index (χ1n) is 3.03. The number of hydrogen-bond acceptors (Lipinski definition) is 3. The molecular weight excluding hydrogens is 186 g/mol. The molecule has 4 nitrogen and oxygen atoms in total. The lowest BCUT2D eigenvalue weighted by Crippen LogP contribution is -2.12. The zero-order valence-corrected chi connectivity index (χ0v) is 7.17. The summed E-state index contributed by atoms with van der Waals surface area (Å²) in [5.41, 5.74) is 0.628. The van der Waals surface area contributed by atoms with Crippen LogP contribution in [0.25, 0.3) is 0 Å². The highest BCUT2D eigenvalue weighted by molar-refractivity contribution is 7.71. The SMILES string of the molecule is OC(CNCl)c1c[nH]c(=S)[nH]1. The Labute approximate surface area is 73.7 Å². The third kappa shape index (κ3) is 2.30. The molecule has 0 amide bonds. The minimum Gasteiger partial charge on any atom is -0.385 e. The predicted molar refractivity (Wildman–Crippen MR) is 44.8 cm³/mol. The number of imidazole rings is 1. The molecular formula is C5H8ClN3OS. The van der Waals surface area contributed by atoms with Crippen molar-refractivity contribution >= 4 is 24.0 Å². The second-order valence-electron chi connectivity index (χ2n) is 2.05. The molecule has 0 aliphatic heterocycles. The standard InChI is InChI=1S/C5H8ClN3OS/c6-8-2-4(10)3-1-7-5(11)9-3/h1,4,8,10H,2H2,(H2,7,9,11). The smallest absolute Gasteiger partial charge is 0.174 e. The Morgan fingerprint density at radius 2 is 2.55 bits per heavy atom. The van der Waals surface area contributed by atoms with Gasteiger partial charge in [0.1, 0.15) is 6.10 Å². The summed E-state index contributed by atoms with van der Waals surface area (Å²) in [4.78, 5) is 7.84. The Morgan fingerprint density at radius 1 is 1.82 bits per heavy atom. The third-order valence-corrected chi connectivity index (χ3v) is 1.62. The van der Waals surface area contributed by atoms with Crippen molar-refractivity contribution in [3.63, 3.8) is 0 Å². The lowest BCUT2D eigenvalue weighted by Gasteiger charge is -2.04. The molecule has 11 heavy (non-hydrogen) atoms. The molecule has 62 valence electrons. The molecule has 0 fully saturated rings. The summed E-state index contributed by atoms with van der Waals surface area (Å²) in [6, 6.07) is 0. The molecule has 0 saturated carbocycles. The fourth-order valence-electron chi connectivity index (χ4n) is 0.709. The fourth-order valence-corrected chi connectivity index (χ4v) is 1.03. The van der Waals surface area contributed by atoms with Crippen molar-refractivity contribution in [1.82, 2.24) is 14.8 Å². The van der Waals surface area contributed by atoms with Crippen molar-refractivity contribution < 1.29 is 5.11 Å². The maximum Gasteiger partial charge on any atom is 0.174 e. The molecule has 0 saturated heterocycles. The molecule has 0 aromatic carbocycles. The molecule has 4 N–H and O–H groups in total. The summed E-state index contributed by atoms with van der Waals surface area (Å²) in [5, 5.41) is 9.29. The van der Waals surface area contributed by atoms with E-state index in [2.05, 4.69) is 14.8 Å². The molecule has 1 aromatic heterocycles. The number of hydrogen-bond donors (Lipinski definition) is 4. The van der Waals surface area contributed by atoms with Crippen LogP contribution in [0.5, 0.6) is 0 Å². The summed E-state index contributed by atoms with van der Waals surface area (Å²) in [6.07, 6.45) is 0.960. The van der Waals surface area contributed by atoms with Gasteiger partial charge in [0.25, 0.3) is 0 Å². The van der Waals surface area contributed by atoms with Crippen LogP contribution in [0.15, 0.2) is 6.20 Å². The molecule has 0 bridgehead atoms. The van der Waals surface area contributed by atoms with Gasteiger partial charge >= 0.3 is 0 Å². The summed E-state index contributed by atoms with van der Waals surface area (Å²) >= 11 is 9.95. The summed E-state index contributed by atoms with van der Waals surface area (Å²) in [6.45, 7) is 0.282. The van der Waals surface area contributed by atoms with E-state index in [9.17, 15) is 5.11 Å². The Balaban J connectivity index is 2.68. The number of H-pyrrole nitrogens is 2. The van der Waals surface area contributed by atoms with E-state index in [1.807, 2.05) is 0 Å². The van der Waals surface area contributed by atoms with Crippen LogP contribution in [0.2, 0.25) is 0 Å². The monoisotopic (exact) mass is 193 g/mol. The molecule has 1 unspecified atom stereocenters. The van der Waals surface area contributed by atoms with Crippen molar-refractivity contribution in [3.8, 4) is 0 Å². The van der Waals surface area contributed by atoms with Gasteiger partial charge in [-0.2, -0.15) is 0 Å². The van der Waals surface area contributed by atoms with Gasteiger partial charge in [-0.05, 0) is 24.0 Å². The third-order valence-electron chi connectivity index (χ3n) is 1.25. The first-order chi connectivity index (χ1) is 5.24. The number of aliphatic hydroxyl groups excluding tert-OH is 1. The number of aromatic amines is 2. The van der Waals surface area contributed by atoms with Crippen molar-refractivity contribution in [2.24, 2.45) is 0 Å². The van der Waals surface area contributed by atoms with Crippen molar-refractivity contribution in [1.29, 1.82) is 0 Å². The molecule has 0 aliphatic rings. The van der Waals surface area contributed by atoms with Crippen LogP contribution in [0.4, 0.5) is 0 Å². The van der Waals surface area contributed by atoms with E-state index in [4.69, 9.17) is 24.0 Å². The first kappa shape index (κ1) is 8.73. The van der Waals surface area contributed by atoms with Crippen LogP contribution in [0.3, 0.4) is 0 Å². The van der Waals surface area contributed by atoms with Gasteiger partial charge in [0, 0.05) is 12.7 Å². The minimum absolute atomic E-state index is 0.282. The van der Waals surface area contributed by atoms with Gasteiger partial charge in [-0.1, -0.05) is 0 Å². The lowest BCUT2D eigenvalue weighted by atomic mass is 10.3. The molecule has 1 rings (SSSR count). The largest absolute Gasteiger partial charge is 0.385 e. The van der Waals surface area contributed by atoms with Gasteiger partial charge in [-0.25, -0.2) is 4.84 Å². The quantitative estimate of drug-likeness (QED) is 0.425. The second-order valence-corrected chi connectivity index (χ2v) is 2.73. The fraction of sp³-hybridized carbons (Fsp3) is 0.400. The Kier molecular flexibility index (Phi) is 3.07. The number of rotatable bonds is 3. The van der Waals surface area contributed by atoms with Gasteiger partial charge in [0.05, 0.1) is 5.69 Å². The molecule has 6 heteroatoms. The topological polar surface area (TPSA) is 63.8 Å².